The molecule has 4 nitrogen and oxygen atoms in total. The number of nitrogens with one attached hydrogen (secondary N) is 2. The van der Waals surface area contributed by atoms with Crippen LogP contribution in [-0.2, 0) is 9.53 Å². The molecule has 3 unspecified atom stereocenters. The van der Waals surface area contributed by atoms with Crippen molar-refractivity contribution in [3.05, 3.63) is 0 Å². The van der Waals surface area contributed by atoms with Crippen molar-refractivity contribution in [3.63, 3.8) is 0 Å². The summed E-state index contributed by atoms with van der Waals surface area (Å²) < 4.78 is 5.34. The van der Waals surface area contributed by atoms with Crippen LogP contribution in [0.25, 0.3) is 0 Å². The summed E-state index contributed by atoms with van der Waals surface area (Å²) in [5, 5.41) is 6.48. The van der Waals surface area contributed by atoms with Crippen LogP contribution < -0.4 is 10.6 Å². The van der Waals surface area contributed by atoms with Crippen LogP contribution in [-0.4, -0.2) is 38.3 Å². The van der Waals surface area contributed by atoms with Crippen molar-refractivity contribution in [2.75, 3.05) is 26.3 Å². The lowest BCUT2D eigenvalue weighted by Crippen LogP contribution is -2.52. The Balaban J connectivity index is 0.00000144. The van der Waals surface area contributed by atoms with Gasteiger partial charge in [0.15, 0.2) is 0 Å². The Morgan fingerprint density at radius 3 is 2.88 bits per heavy atom. The summed E-state index contributed by atoms with van der Waals surface area (Å²) in [7, 11) is 0. The number of carbonyl (C=O) groups excluding carboxylic acids is 1. The molecule has 0 bridgehead atoms. The first-order valence-corrected chi connectivity index (χ1v) is 6.36. The standard InChI is InChI=1S/C12H22N2O2.ClH/c1-9-4-5-13-7-11(9)14-12(15)10-3-2-6-16-8-10;/h9-11,13H,2-8H2,1H3,(H,14,15);1H. The first kappa shape index (κ1) is 14.7. The van der Waals surface area contributed by atoms with Gasteiger partial charge in [0.2, 0.25) is 5.91 Å². The van der Waals surface area contributed by atoms with E-state index < -0.39 is 0 Å². The summed E-state index contributed by atoms with van der Waals surface area (Å²) in [6.45, 7) is 5.59. The molecule has 1 amide bonds. The summed E-state index contributed by atoms with van der Waals surface area (Å²) in [5.74, 6) is 0.831. The van der Waals surface area contributed by atoms with E-state index in [2.05, 4.69) is 17.6 Å². The lowest BCUT2D eigenvalue weighted by molar-refractivity contribution is -0.130. The fraction of sp³-hybridized carbons (Fsp3) is 0.917. The molecule has 2 aliphatic heterocycles. The first-order valence-electron chi connectivity index (χ1n) is 6.36. The molecule has 2 heterocycles. The fourth-order valence-corrected chi connectivity index (χ4v) is 2.43. The molecule has 0 saturated carbocycles. The molecule has 5 heteroatoms. The highest BCUT2D eigenvalue weighted by molar-refractivity contribution is 5.85. The van der Waals surface area contributed by atoms with Crippen molar-refractivity contribution in [3.8, 4) is 0 Å². The van der Waals surface area contributed by atoms with Crippen molar-refractivity contribution in [2.45, 2.75) is 32.2 Å². The monoisotopic (exact) mass is 262 g/mol. The van der Waals surface area contributed by atoms with Crippen molar-refractivity contribution >= 4 is 18.3 Å². The predicted molar refractivity (Wildman–Crippen MR) is 69.4 cm³/mol. The molecule has 3 atom stereocenters. The van der Waals surface area contributed by atoms with Crippen molar-refractivity contribution < 1.29 is 9.53 Å². The molecule has 2 fully saturated rings. The Bertz CT molecular complexity index is 245. The SMILES string of the molecule is CC1CCNCC1NC(=O)C1CCCOC1.Cl. The summed E-state index contributed by atoms with van der Waals surface area (Å²) in [4.78, 5) is 12.0. The van der Waals surface area contributed by atoms with Crippen LogP contribution in [0.1, 0.15) is 26.2 Å². The summed E-state index contributed by atoms with van der Waals surface area (Å²) in [6.07, 6.45) is 3.13. The van der Waals surface area contributed by atoms with Gasteiger partial charge in [-0.25, -0.2) is 0 Å². The number of hydrogen-bond acceptors (Lipinski definition) is 3. The second kappa shape index (κ2) is 7.19. The number of carbonyl (C=O) groups is 1. The molecule has 2 aliphatic rings. The average Bonchev–Trinajstić information content (AvgIpc) is 2.33. The molecular formula is C12H23ClN2O2. The van der Waals surface area contributed by atoms with E-state index >= 15 is 0 Å². The Morgan fingerprint density at radius 2 is 2.24 bits per heavy atom. The molecule has 0 aliphatic carbocycles. The van der Waals surface area contributed by atoms with Crippen molar-refractivity contribution in [1.29, 1.82) is 0 Å². The molecule has 2 N–H and O–H groups in total. The molecule has 17 heavy (non-hydrogen) atoms. The number of amides is 1. The molecule has 0 spiro atoms. The third kappa shape index (κ3) is 4.12. The van der Waals surface area contributed by atoms with Crippen molar-refractivity contribution in [1.82, 2.24) is 10.6 Å². The van der Waals surface area contributed by atoms with Crippen LogP contribution >= 0.6 is 12.4 Å². The number of halogens is 1. The van der Waals surface area contributed by atoms with Gasteiger partial charge in [-0.15, -0.1) is 12.4 Å². The Hall–Kier alpha value is -0.320. The van der Waals surface area contributed by atoms with Gasteiger partial charge in [0, 0.05) is 19.2 Å². The van der Waals surface area contributed by atoms with Gasteiger partial charge in [-0.3, -0.25) is 4.79 Å². The maximum absolute atomic E-state index is 12.0. The highest BCUT2D eigenvalue weighted by Gasteiger charge is 2.27. The zero-order valence-corrected chi connectivity index (χ0v) is 11.2. The molecule has 100 valence electrons. The maximum Gasteiger partial charge on any atom is 0.225 e. The Labute approximate surface area is 109 Å². The largest absolute Gasteiger partial charge is 0.381 e. The first-order chi connectivity index (χ1) is 7.77. The van der Waals surface area contributed by atoms with Gasteiger partial charge in [0.1, 0.15) is 0 Å². The minimum Gasteiger partial charge on any atom is -0.381 e. The molecule has 2 saturated heterocycles. The molecule has 2 rings (SSSR count). The summed E-state index contributed by atoms with van der Waals surface area (Å²) in [5.41, 5.74) is 0. The molecule has 0 aromatic rings. The van der Waals surface area contributed by atoms with E-state index in [4.69, 9.17) is 4.74 Å². The van der Waals surface area contributed by atoms with Gasteiger partial charge in [-0.05, 0) is 31.7 Å². The second-order valence-corrected chi connectivity index (χ2v) is 5.00. The Kier molecular flexibility index (Phi) is 6.23. The minimum atomic E-state index is 0. The predicted octanol–water partition coefficient (Wildman–Crippen LogP) is 0.949. The average molecular weight is 263 g/mol. The van der Waals surface area contributed by atoms with Gasteiger partial charge >= 0.3 is 0 Å². The zero-order valence-electron chi connectivity index (χ0n) is 10.4. The van der Waals surface area contributed by atoms with Gasteiger partial charge in [0.05, 0.1) is 12.5 Å². The number of piperidine rings is 1. The van der Waals surface area contributed by atoms with E-state index in [1.807, 2.05) is 0 Å². The minimum absolute atomic E-state index is 0. The van der Waals surface area contributed by atoms with Gasteiger partial charge in [-0.2, -0.15) is 0 Å². The van der Waals surface area contributed by atoms with Crippen molar-refractivity contribution in [2.24, 2.45) is 11.8 Å². The zero-order chi connectivity index (χ0) is 11.4. The van der Waals surface area contributed by atoms with E-state index in [9.17, 15) is 4.79 Å². The molecule has 0 radical (unpaired) electrons. The Morgan fingerprint density at radius 1 is 1.41 bits per heavy atom. The van der Waals surface area contributed by atoms with Crippen LogP contribution in [0.2, 0.25) is 0 Å². The van der Waals surface area contributed by atoms with E-state index in [1.54, 1.807) is 0 Å². The van der Waals surface area contributed by atoms with E-state index in [0.29, 0.717) is 18.6 Å². The highest BCUT2D eigenvalue weighted by Crippen LogP contribution is 2.16. The van der Waals surface area contributed by atoms with Gasteiger partial charge < -0.3 is 15.4 Å². The maximum atomic E-state index is 12.0. The third-order valence-corrected chi connectivity index (χ3v) is 3.69. The van der Waals surface area contributed by atoms with Crippen LogP contribution in [0.3, 0.4) is 0 Å². The smallest absolute Gasteiger partial charge is 0.225 e. The summed E-state index contributed by atoms with van der Waals surface area (Å²) in [6, 6.07) is 0.295. The number of rotatable bonds is 2. The van der Waals surface area contributed by atoms with Gasteiger partial charge in [0.25, 0.3) is 0 Å². The second-order valence-electron chi connectivity index (χ2n) is 5.00. The lowest BCUT2D eigenvalue weighted by Gasteiger charge is -2.32. The van der Waals surface area contributed by atoms with Crippen LogP contribution in [0, 0.1) is 11.8 Å². The molecular weight excluding hydrogens is 240 g/mol. The normalized spacial score (nSPS) is 33.6. The quantitative estimate of drug-likeness (QED) is 0.779. The third-order valence-electron chi connectivity index (χ3n) is 3.69. The van der Waals surface area contributed by atoms with E-state index in [0.717, 1.165) is 39.0 Å². The number of hydrogen-bond donors (Lipinski definition) is 2. The lowest BCUT2D eigenvalue weighted by atomic mass is 9.93. The van der Waals surface area contributed by atoms with Gasteiger partial charge in [-0.1, -0.05) is 6.92 Å². The summed E-state index contributed by atoms with van der Waals surface area (Å²) >= 11 is 0. The number of ether oxygens (including phenoxy) is 1. The van der Waals surface area contributed by atoms with E-state index in [-0.39, 0.29) is 24.2 Å². The van der Waals surface area contributed by atoms with E-state index in [1.165, 1.54) is 0 Å². The fourth-order valence-electron chi connectivity index (χ4n) is 2.43. The molecule has 0 aromatic carbocycles. The molecule has 0 aromatic heterocycles. The topological polar surface area (TPSA) is 50.4 Å². The van der Waals surface area contributed by atoms with Crippen LogP contribution in [0.5, 0.6) is 0 Å². The van der Waals surface area contributed by atoms with Crippen LogP contribution in [0.15, 0.2) is 0 Å². The van der Waals surface area contributed by atoms with Crippen LogP contribution in [0.4, 0.5) is 0 Å². The highest BCUT2D eigenvalue weighted by atomic mass is 35.5.